The van der Waals surface area contributed by atoms with Crippen molar-refractivity contribution in [1.82, 2.24) is 10.6 Å². The molecule has 0 aromatic heterocycles. The van der Waals surface area contributed by atoms with Crippen LogP contribution in [0, 0.1) is 0 Å². The van der Waals surface area contributed by atoms with Crippen LogP contribution in [0.15, 0.2) is 24.3 Å². The van der Waals surface area contributed by atoms with E-state index in [0.717, 1.165) is 30.7 Å². The largest absolute Gasteiger partial charge is 0.497 e. The first-order valence-electron chi connectivity index (χ1n) is 9.34. The zero-order valence-electron chi connectivity index (χ0n) is 16.2. The van der Waals surface area contributed by atoms with Crippen molar-refractivity contribution in [2.24, 2.45) is 0 Å². The third kappa shape index (κ3) is 10.6. The number of carbonyl (C=O) groups is 1. The van der Waals surface area contributed by atoms with Crippen molar-refractivity contribution >= 4 is 63.7 Å². The minimum Gasteiger partial charge on any atom is -0.497 e. The summed E-state index contributed by atoms with van der Waals surface area (Å²) < 4.78 is 3.35. The van der Waals surface area contributed by atoms with Crippen LogP contribution in [0.25, 0.3) is 0 Å². The van der Waals surface area contributed by atoms with Crippen molar-refractivity contribution in [3.05, 3.63) is 24.3 Å². The van der Waals surface area contributed by atoms with E-state index in [2.05, 4.69) is 22.9 Å². The van der Waals surface area contributed by atoms with Gasteiger partial charge < -0.3 is 20.7 Å². The van der Waals surface area contributed by atoms with Crippen LogP contribution in [0.4, 0.5) is 5.69 Å². The molecule has 0 saturated heterocycles. The Balaban J connectivity index is 2.48. The summed E-state index contributed by atoms with van der Waals surface area (Å²) in [7, 11) is 1.59. The number of amides is 1. The number of benzene rings is 1. The van der Waals surface area contributed by atoms with Gasteiger partial charge >= 0.3 is 0 Å². The molecule has 5 nitrogen and oxygen atoms in total. The molecule has 0 aliphatic heterocycles. The molecule has 28 heavy (non-hydrogen) atoms. The lowest BCUT2D eigenvalue weighted by atomic mass is 10.1. The summed E-state index contributed by atoms with van der Waals surface area (Å²) >= 11 is 23.3. The predicted octanol–water partition coefficient (Wildman–Crippen LogP) is 5.54. The summed E-state index contributed by atoms with van der Waals surface area (Å²) in [5.41, 5.74) is 0.736. The van der Waals surface area contributed by atoms with Gasteiger partial charge in [0.15, 0.2) is 5.11 Å². The SMILES string of the molecule is CCCCCCCCC(=O)N[C@@H](NC(=S)Nc1ccc(OC)cc1)C(Cl)(Cl)Cl. The van der Waals surface area contributed by atoms with Crippen molar-refractivity contribution < 1.29 is 9.53 Å². The fourth-order valence-corrected chi connectivity index (χ4v) is 3.03. The number of anilines is 1. The van der Waals surface area contributed by atoms with E-state index >= 15 is 0 Å². The fourth-order valence-electron chi connectivity index (χ4n) is 2.47. The number of ether oxygens (including phenoxy) is 1. The van der Waals surface area contributed by atoms with E-state index in [1.807, 2.05) is 0 Å². The molecule has 158 valence electrons. The quantitative estimate of drug-likeness (QED) is 0.172. The van der Waals surface area contributed by atoms with Crippen LogP contribution in [0.3, 0.4) is 0 Å². The Kier molecular flexibility index (Phi) is 11.9. The van der Waals surface area contributed by atoms with E-state index in [1.165, 1.54) is 19.3 Å². The van der Waals surface area contributed by atoms with Crippen LogP contribution in [0.1, 0.15) is 51.9 Å². The highest BCUT2D eigenvalue weighted by atomic mass is 35.6. The van der Waals surface area contributed by atoms with Gasteiger partial charge in [0.25, 0.3) is 0 Å². The standard InChI is InChI=1S/C19H28Cl3N3O2S/c1-3-4-5-6-7-8-9-16(26)24-17(19(20,21)22)25-18(28)23-14-10-12-15(27-2)13-11-14/h10-13,17H,3-9H2,1-2H3,(H,24,26)(H2,23,25,28)/t17-/m0/s1. The zero-order chi connectivity index (χ0) is 21.0. The molecule has 0 aliphatic carbocycles. The second kappa shape index (κ2) is 13.3. The molecule has 0 saturated carbocycles. The highest BCUT2D eigenvalue weighted by molar-refractivity contribution is 7.80. The summed E-state index contributed by atoms with van der Waals surface area (Å²) in [6.07, 6.45) is 5.98. The predicted molar refractivity (Wildman–Crippen MR) is 123 cm³/mol. The van der Waals surface area contributed by atoms with Gasteiger partial charge in [0.1, 0.15) is 11.9 Å². The Labute approximate surface area is 187 Å². The maximum atomic E-state index is 12.2. The lowest BCUT2D eigenvalue weighted by Crippen LogP contribution is -2.56. The van der Waals surface area contributed by atoms with Crippen molar-refractivity contribution in [2.75, 3.05) is 12.4 Å². The lowest BCUT2D eigenvalue weighted by Gasteiger charge is -2.27. The van der Waals surface area contributed by atoms with Gasteiger partial charge in [-0.25, -0.2) is 0 Å². The van der Waals surface area contributed by atoms with Crippen molar-refractivity contribution in [1.29, 1.82) is 0 Å². The molecule has 1 aromatic carbocycles. The number of halogens is 3. The third-order valence-corrected chi connectivity index (χ3v) is 4.89. The minimum absolute atomic E-state index is 0.188. The van der Waals surface area contributed by atoms with Gasteiger partial charge in [0.05, 0.1) is 7.11 Å². The first kappa shape index (κ1) is 25.1. The van der Waals surface area contributed by atoms with E-state index in [0.29, 0.717) is 6.42 Å². The smallest absolute Gasteiger partial charge is 0.228 e. The van der Waals surface area contributed by atoms with E-state index in [4.69, 9.17) is 51.8 Å². The van der Waals surface area contributed by atoms with Crippen LogP contribution in [-0.2, 0) is 4.79 Å². The van der Waals surface area contributed by atoms with Gasteiger partial charge in [-0.3, -0.25) is 4.79 Å². The number of alkyl halides is 3. The first-order valence-corrected chi connectivity index (χ1v) is 10.9. The number of rotatable bonds is 11. The second-order valence-electron chi connectivity index (χ2n) is 6.39. The number of carbonyl (C=O) groups excluding carboxylic acids is 1. The summed E-state index contributed by atoms with van der Waals surface area (Å²) in [6.45, 7) is 2.17. The summed E-state index contributed by atoms with van der Waals surface area (Å²) in [6, 6.07) is 7.18. The van der Waals surface area contributed by atoms with Gasteiger partial charge in [-0.05, 0) is 42.9 Å². The van der Waals surface area contributed by atoms with Crippen molar-refractivity contribution in [3.63, 3.8) is 0 Å². The van der Waals surface area contributed by atoms with Crippen molar-refractivity contribution in [2.45, 2.75) is 61.8 Å². The molecule has 9 heteroatoms. The summed E-state index contributed by atoms with van der Waals surface area (Å²) in [5, 5.41) is 8.75. The number of thiocarbonyl (C=S) groups is 1. The fraction of sp³-hybridized carbons (Fsp3) is 0.579. The molecule has 1 atom stereocenters. The van der Waals surface area contributed by atoms with E-state index in [1.54, 1.807) is 31.4 Å². The van der Waals surface area contributed by atoms with Gasteiger partial charge in [0, 0.05) is 12.1 Å². The van der Waals surface area contributed by atoms with E-state index < -0.39 is 9.96 Å². The Hall–Kier alpha value is -0.950. The molecular formula is C19H28Cl3N3O2S. The lowest BCUT2D eigenvalue weighted by molar-refractivity contribution is -0.122. The Morgan fingerprint density at radius 1 is 1.07 bits per heavy atom. The number of methoxy groups -OCH3 is 1. The van der Waals surface area contributed by atoms with Crippen LogP contribution in [0.2, 0.25) is 0 Å². The first-order chi connectivity index (χ1) is 13.3. The van der Waals surface area contributed by atoms with Gasteiger partial charge in [-0.2, -0.15) is 0 Å². The number of unbranched alkanes of at least 4 members (excludes halogenated alkanes) is 5. The zero-order valence-corrected chi connectivity index (χ0v) is 19.3. The number of hydrogen-bond donors (Lipinski definition) is 3. The molecule has 0 heterocycles. The van der Waals surface area contributed by atoms with Crippen LogP contribution in [-0.4, -0.2) is 28.1 Å². The minimum atomic E-state index is -1.76. The molecule has 1 rings (SSSR count). The maximum Gasteiger partial charge on any atom is 0.228 e. The molecule has 1 amide bonds. The highest BCUT2D eigenvalue weighted by Gasteiger charge is 2.34. The Morgan fingerprint density at radius 2 is 1.68 bits per heavy atom. The average Bonchev–Trinajstić information content (AvgIpc) is 2.64. The van der Waals surface area contributed by atoms with E-state index in [9.17, 15) is 4.79 Å². The summed E-state index contributed by atoms with van der Waals surface area (Å²) in [5.74, 6) is 0.539. The normalized spacial score (nSPS) is 12.2. The molecule has 0 unspecified atom stereocenters. The van der Waals surface area contributed by atoms with E-state index in [-0.39, 0.29) is 11.0 Å². The molecule has 0 radical (unpaired) electrons. The van der Waals surface area contributed by atoms with Gasteiger partial charge in [0.2, 0.25) is 9.70 Å². The second-order valence-corrected chi connectivity index (χ2v) is 9.16. The maximum absolute atomic E-state index is 12.2. The molecule has 3 N–H and O–H groups in total. The molecule has 0 bridgehead atoms. The monoisotopic (exact) mass is 467 g/mol. The molecule has 0 spiro atoms. The Bertz CT molecular complexity index is 609. The number of hydrogen-bond acceptors (Lipinski definition) is 3. The van der Waals surface area contributed by atoms with Crippen molar-refractivity contribution in [3.8, 4) is 5.75 Å². The Morgan fingerprint density at radius 3 is 2.25 bits per heavy atom. The van der Waals surface area contributed by atoms with Crippen LogP contribution < -0.4 is 20.7 Å². The number of nitrogens with one attached hydrogen (secondary N) is 3. The van der Waals surface area contributed by atoms with Crippen LogP contribution in [0.5, 0.6) is 5.75 Å². The molecule has 0 fully saturated rings. The topological polar surface area (TPSA) is 62.4 Å². The van der Waals surface area contributed by atoms with Gasteiger partial charge in [-0.15, -0.1) is 0 Å². The highest BCUT2D eigenvalue weighted by Crippen LogP contribution is 2.29. The van der Waals surface area contributed by atoms with Gasteiger partial charge in [-0.1, -0.05) is 73.8 Å². The summed E-state index contributed by atoms with van der Waals surface area (Å²) in [4.78, 5) is 12.2. The average molecular weight is 469 g/mol. The molecular weight excluding hydrogens is 441 g/mol. The van der Waals surface area contributed by atoms with Crippen LogP contribution >= 0.6 is 47.0 Å². The molecule has 1 aromatic rings. The molecule has 0 aliphatic rings. The third-order valence-electron chi connectivity index (χ3n) is 4.01.